The van der Waals surface area contributed by atoms with Crippen LogP contribution in [0.4, 0.5) is 5.13 Å². The second-order valence-corrected chi connectivity index (χ2v) is 9.80. The third kappa shape index (κ3) is 4.53. The highest BCUT2D eigenvalue weighted by molar-refractivity contribution is 8.00. The van der Waals surface area contributed by atoms with Gasteiger partial charge in [0.2, 0.25) is 5.13 Å². The molecule has 0 saturated carbocycles. The lowest BCUT2D eigenvalue weighted by Crippen LogP contribution is -2.29. The monoisotopic (exact) mass is 502 g/mol. The second-order valence-electron chi connectivity index (χ2n) is 7.62. The van der Waals surface area contributed by atoms with Crippen LogP contribution in [-0.2, 0) is 15.3 Å². The van der Waals surface area contributed by atoms with Crippen molar-refractivity contribution >= 4 is 45.7 Å². The molecule has 0 aliphatic carbocycles. The van der Waals surface area contributed by atoms with Crippen LogP contribution in [0.2, 0.25) is 0 Å². The van der Waals surface area contributed by atoms with Crippen molar-refractivity contribution in [2.24, 2.45) is 0 Å². The first-order valence-corrected chi connectivity index (χ1v) is 12.3. The maximum absolute atomic E-state index is 13.2. The van der Waals surface area contributed by atoms with E-state index >= 15 is 0 Å². The number of ketones is 1. The van der Waals surface area contributed by atoms with E-state index in [1.807, 2.05) is 30.3 Å². The van der Waals surface area contributed by atoms with E-state index in [4.69, 9.17) is 0 Å². The summed E-state index contributed by atoms with van der Waals surface area (Å²) in [6.07, 6.45) is 2.96. The zero-order valence-electron chi connectivity index (χ0n) is 18.1. The van der Waals surface area contributed by atoms with Gasteiger partial charge in [-0.2, -0.15) is 0 Å². The third-order valence-corrected chi connectivity index (χ3v) is 7.52. The third-order valence-electron chi connectivity index (χ3n) is 5.39. The van der Waals surface area contributed by atoms with E-state index in [1.165, 1.54) is 52.5 Å². The van der Waals surface area contributed by atoms with Gasteiger partial charge in [0.05, 0.1) is 11.6 Å². The van der Waals surface area contributed by atoms with Crippen LogP contribution in [0.3, 0.4) is 0 Å². The van der Waals surface area contributed by atoms with E-state index in [9.17, 15) is 19.8 Å². The Kier molecular flexibility index (Phi) is 6.30. The SMILES string of the molecule is O=C1C(=O)N(c2nnc(SCc3ccccc3)s2)C(c2cccc(O)c2)C1=C(O)c1ccncc1. The number of aromatic nitrogens is 3. The molecule has 1 unspecified atom stereocenters. The Bertz CT molecular complexity index is 1420. The van der Waals surface area contributed by atoms with Crippen molar-refractivity contribution in [3.05, 3.63) is 101 Å². The van der Waals surface area contributed by atoms with Gasteiger partial charge in [-0.3, -0.25) is 19.5 Å². The highest BCUT2D eigenvalue weighted by Gasteiger charge is 2.48. The largest absolute Gasteiger partial charge is 0.508 e. The molecule has 35 heavy (non-hydrogen) atoms. The lowest BCUT2D eigenvalue weighted by molar-refractivity contribution is -0.132. The van der Waals surface area contributed by atoms with Crippen molar-refractivity contribution in [2.45, 2.75) is 16.1 Å². The maximum atomic E-state index is 13.2. The lowest BCUT2D eigenvalue weighted by atomic mass is 9.95. The predicted molar refractivity (Wildman–Crippen MR) is 133 cm³/mol. The Hall–Kier alpha value is -4.02. The Balaban J connectivity index is 1.55. The molecule has 3 heterocycles. The zero-order valence-corrected chi connectivity index (χ0v) is 19.7. The molecule has 8 nitrogen and oxygen atoms in total. The number of phenolic OH excluding ortho intramolecular Hbond substituents is 1. The molecule has 1 aliphatic rings. The number of aliphatic hydroxyl groups is 1. The van der Waals surface area contributed by atoms with E-state index in [0.29, 0.717) is 21.2 Å². The highest BCUT2D eigenvalue weighted by atomic mass is 32.2. The fourth-order valence-corrected chi connectivity index (χ4v) is 5.61. The van der Waals surface area contributed by atoms with Crippen molar-refractivity contribution in [3.8, 4) is 5.75 Å². The van der Waals surface area contributed by atoms with Gasteiger partial charge in [-0.05, 0) is 35.4 Å². The van der Waals surface area contributed by atoms with E-state index in [0.717, 1.165) is 5.56 Å². The molecule has 5 rings (SSSR count). The Morgan fingerprint density at radius 1 is 1.00 bits per heavy atom. The van der Waals surface area contributed by atoms with Crippen LogP contribution in [-0.4, -0.2) is 37.1 Å². The van der Waals surface area contributed by atoms with Gasteiger partial charge in [-0.1, -0.05) is 65.6 Å². The molecule has 1 aliphatic heterocycles. The van der Waals surface area contributed by atoms with Gasteiger partial charge in [-0.15, -0.1) is 10.2 Å². The van der Waals surface area contributed by atoms with Gasteiger partial charge in [-0.25, -0.2) is 0 Å². The van der Waals surface area contributed by atoms with Crippen LogP contribution in [0.1, 0.15) is 22.7 Å². The standard InChI is InChI=1S/C25H18N4O4S2/c30-18-8-4-7-17(13-18)20-19(21(31)16-9-11-26-12-10-16)22(32)23(33)29(20)24-27-28-25(35-24)34-14-15-5-2-1-3-6-15/h1-13,20,30-31H,14H2. The minimum Gasteiger partial charge on any atom is -0.508 e. The molecule has 174 valence electrons. The molecule has 1 atom stereocenters. The molecule has 4 aromatic rings. The number of Topliss-reactive ketones (excluding diaryl/α,β-unsaturated/α-hetero) is 1. The molecule has 10 heteroatoms. The number of pyridine rings is 1. The fraction of sp³-hybridized carbons (Fsp3) is 0.0800. The van der Waals surface area contributed by atoms with Crippen molar-refractivity contribution in [3.63, 3.8) is 0 Å². The summed E-state index contributed by atoms with van der Waals surface area (Å²) in [7, 11) is 0. The van der Waals surface area contributed by atoms with Crippen LogP contribution in [0, 0.1) is 0 Å². The number of phenols is 1. The molecule has 1 fully saturated rings. The van der Waals surface area contributed by atoms with Crippen molar-refractivity contribution in [1.82, 2.24) is 15.2 Å². The summed E-state index contributed by atoms with van der Waals surface area (Å²) in [5.41, 5.74) is 1.82. The maximum Gasteiger partial charge on any atom is 0.301 e. The number of anilines is 1. The van der Waals surface area contributed by atoms with Gasteiger partial charge in [0.1, 0.15) is 11.5 Å². The quantitative estimate of drug-likeness (QED) is 0.130. The summed E-state index contributed by atoms with van der Waals surface area (Å²) in [6.45, 7) is 0. The van der Waals surface area contributed by atoms with Crippen molar-refractivity contribution in [2.75, 3.05) is 4.90 Å². The summed E-state index contributed by atoms with van der Waals surface area (Å²) in [6, 6.07) is 18.2. The van der Waals surface area contributed by atoms with Crippen LogP contribution >= 0.6 is 23.1 Å². The summed E-state index contributed by atoms with van der Waals surface area (Å²) in [5.74, 6) is -1.36. The minimum absolute atomic E-state index is 0.0339. The van der Waals surface area contributed by atoms with Gasteiger partial charge in [0.25, 0.3) is 5.78 Å². The zero-order chi connectivity index (χ0) is 24.4. The van der Waals surface area contributed by atoms with Crippen molar-refractivity contribution in [1.29, 1.82) is 0 Å². The molecule has 1 saturated heterocycles. The average molecular weight is 503 g/mol. The molecule has 0 spiro atoms. The predicted octanol–water partition coefficient (Wildman–Crippen LogP) is 4.56. The molecule has 2 N–H and O–H groups in total. The number of rotatable bonds is 6. The number of hydrogen-bond donors (Lipinski definition) is 2. The number of aromatic hydroxyl groups is 1. The molecular weight excluding hydrogens is 484 g/mol. The number of carbonyl (C=O) groups is 2. The number of amides is 1. The Morgan fingerprint density at radius 3 is 2.51 bits per heavy atom. The van der Waals surface area contributed by atoms with E-state index < -0.39 is 17.7 Å². The van der Waals surface area contributed by atoms with E-state index in [1.54, 1.807) is 24.3 Å². The van der Waals surface area contributed by atoms with Crippen LogP contribution in [0.5, 0.6) is 5.75 Å². The Labute approximate surface area is 208 Å². The molecule has 1 amide bonds. The topological polar surface area (TPSA) is 117 Å². The number of aliphatic hydroxyl groups excluding tert-OH is 1. The average Bonchev–Trinajstić information content (AvgIpc) is 3.46. The van der Waals surface area contributed by atoms with Gasteiger partial charge >= 0.3 is 5.91 Å². The summed E-state index contributed by atoms with van der Waals surface area (Å²) in [4.78, 5) is 31.5. The number of carbonyl (C=O) groups excluding carboxylic acids is 2. The molecular formula is C25H18N4O4S2. The van der Waals surface area contributed by atoms with Crippen molar-refractivity contribution < 1.29 is 19.8 Å². The molecule has 0 radical (unpaired) electrons. The second kappa shape index (κ2) is 9.69. The fourth-order valence-electron chi connectivity index (χ4n) is 3.78. The lowest BCUT2D eigenvalue weighted by Gasteiger charge is -2.22. The smallest absolute Gasteiger partial charge is 0.301 e. The molecule has 0 bridgehead atoms. The number of nitrogens with zero attached hydrogens (tertiary/aromatic N) is 4. The van der Waals surface area contributed by atoms with E-state index in [-0.39, 0.29) is 22.2 Å². The summed E-state index contributed by atoms with van der Waals surface area (Å²) < 4.78 is 0.634. The van der Waals surface area contributed by atoms with Crippen LogP contribution in [0.15, 0.2) is 89.0 Å². The van der Waals surface area contributed by atoms with Gasteiger partial charge in [0.15, 0.2) is 4.34 Å². The van der Waals surface area contributed by atoms with Crippen LogP contribution in [0.25, 0.3) is 5.76 Å². The number of hydrogen-bond acceptors (Lipinski definition) is 9. The first-order valence-electron chi connectivity index (χ1n) is 10.5. The number of thioether (sulfide) groups is 1. The first kappa shape index (κ1) is 22.8. The van der Waals surface area contributed by atoms with E-state index in [2.05, 4.69) is 15.2 Å². The van der Waals surface area contributed by atoms with Gasteiger partial charge < -0.3 is 10.2 Å². The minimum atomic E-state index is -0.991. The summed E-state index contributed by atoms with van der Waals surface area (Å²) >= 11 is 2.66. The Morgan fingerprint density at radius 2 is 1.77 bits per heavy atom. The normalized spacial score (nSPS) is 17.1. The first-order chi connectivity index (χ1) is 17.0. The summed E-state index contributed by atoms with van der Waals surface area (Å²) in [5, 5.41) is 29.7. The van der Waals surface area contributed by atoms with Crippen LogP contribution < -0.4 is 4.90 Å². The highest BCUT2D eigenvalue weighted by Crippen LogP contribution is 2.44. The molecule has 2 aromatic carbocycles. The number of benzene rings is 2. The van der Waals surface area contributed by atoms with Gasteiger partial charge in [0, 0.05) is 23.7 Å². The molecule has 2 aromatic heterocycles.